The van der Waals surface area contributed by atoms with E-state index in [4.69, 9.17) is 9.15 Å². The number of ether oxygens (including phenoxy) is 1. The Morgan fingerprint density at radius 1 is 1.14 bits per heavy atom. The van der Waals surface area contributed by atoms with E-state index in [-0.39, 0.29) is 0 Å². The molecule has 0 aliphatic heterocycles. The first-order valence-electron chi connectivity index (χ1n) is 7.41. The third-order valence-corrected chi connectivity index (χ3v) is 3.31. The van der Waals surface area contributed by atoms with Crippen molar-refractivity contribution in [2.45, 2.75) is 12.8 Å². The number of methoxy groups -OCH3 is 1. The first-order valence-corrected chi connectivity index (χ1v) is 7.41. The van der Waals surface area contributed by atoms with E-state index >= 15 is 0 Å². The van der Waals surface area contributed by atoms with Crippen molar-refractivity contribution < 1.29 is 9.15 Å². The molecule has 5 heteroatoms. The fraction of sp³-hybridized carbons (Fsp3) is 0.353. The highest BCUT2D eigenvalue weighted by Crippen LogP contribution is 2.12. The topological polar surface area (TPSA) is 58.8 Å². The van der Waals surface area contributed by atoms with Crippen molar-refractivity contribution in [1.29, 1.82) is 0 Å². The number of rotatable bonds is 7. The molecule has 1 aromatic heterocycles. The molecule has 2 aromatic rings. The Balaban J connectivity index is 1.69. The van der Waals surface area contributed by atoms with Crippen LogP contribution in [0, 0.1) is 0 Å². The molecule has 0 aliphatic rings. The molecule has 0 radical (unpaired) electrons. The standard InChI is InChI=1S/C17H23N3O2/c1-18-17(20-11-9-15-7-4-12-22-15)19-10-8-14-5-3-6-16(13-14)21-2/h3-7,12-13H,8-11H2,1-2H3,(H2,18,19,20). The van der Waals surface area contributed by atoms with Crippen LogP contribution in [0.2, 0.25) is 0 Å². The molecular formula is C17H23N3O2. The number of furan rings is 1. The Hall–Kier alpha value is -2.43. The summed E-state index contributed by atoms with van der Waals surface area (Å²) in [4.78, 5) is 4.21. The van der Waals surface area contributed by atoms with E-state index in [9.17, 15) is 0 Å². The van der Waals surface area contributed by atoms with Gasteiger partial charge in [0.15, 0.2) is 5.96 Å². The van der Waals surface area contributed by atoms with Crippen molar-refractivity contribution >= 4 is 5.96 Å². The van der Waals surface area contributed by atoms with Crippen molar-refractivity contribution in [3.63, 3.8) is 0 Å². The first kappa shape index (κ1) is 15.9. The van der Waals surface area contributed by atoms with Crippen molar-refractivity contribution in [3.8, 4) is 5.75 Å². The molecule has 0 unspecified atom stereocenters. The molecule has 0 saturated heterocycles. The Labute approximate surface area is 131 Å². The molecule has 118 valence electrons. The largest absolute Gasteiger partial charge is 0.497 e. The molecule has 2 N–H and O–H groups in total. The van der Waals surface area contributed by atoms with Crippen LogP contribution in [0.25, 0.3) is 0 Å². The minimum absolute atomic E-state index is 0.784. The summed E-state index contributed by atoms with van der Waals surface area (Å²) in [6, 6.07) is 12.0. The lowest BCUT2D eigenvalue weighted by atomic mass is 10.1. The summed E-state index contributed by atoms with van der Waals surface area (Å²) < 4.78 is 10.5. The van der Waals surface area contributed by atoms with Crippen LogP contribution in [0.3, 0.4) is 0 Å². The molecule has 0 spiro atoms. The van der Waals surface area contributed by atoms with Gasteiger partial charge in [0.05, 0.1) is 13.4 Å². The summed E-state index contributed by atoms with van der Waals surface area (Å²) in [5, 5.41) is 6.57. The molecule has 2 rings (SSSR count). The molecule has 1 aromatic carbocycles. The maximum absolute atomic E-state index is 5.30. The molecule has 0 aliphatic carbocycles. The van der Waals surface area contributed by atoms with Gasteiger partial charge >= 0.3 is 0 Å². The zero-order valence-electron chi connectivity index (χ0n) is 13.1. The van der Waals surface area contributed by atoms with E-state index in [0.717, 1.165) is 43.4 Å². The second kappa shape index (κ2) is 8.77. The molecule has 1 heterocycles. The molecule has 0 amide bonds. The monoisotopic (exact) mass is 301 g/mol. The highest BCUT2D eigenvalue weighted by molar-refractivity contribution is 5.79. The predicted molar refractivity (Wildman–Crippen MR) is 88.5 cm³/mol. The lowest BCUT2D eigenvalue weighted by Gasteiger charge is -2.11. The Kier molecular flexibility index (Phi) is 6.36. The van der Waals surface area contributed by atoms with Gasteiger partial charge in [0.2, 0.25) is 0 Å². The van der Waals surface area contributed by atoms with E-state index in [1.807, 2.05) is 24.3 Å². The predicted octanol–water partition coefficient (Wildman–Crippen LogP) is 2.24. The number of guanidine groups is 1. The molecular weight excluding hydrogens is 278 g/mol. The normalized spacial score (nSPS) is 11.3. The number of aliphatic imine (C=N–C) groups is 1. The fourth-order valence-corrected chi connectivity index (χ4v) is 2.13. The van der Waals surface area contributed by atoms with Gasteiger partial charge in [-0.1, -0.05) is 12.1 Å². The summed E-state index contributed by atoms with van der Waals surface area (Å²) in [5.41, 5.74) is 1.23. The summed E-state index contributed by atoms with van der Waals surface area (Å²) in [6.45, 7) is 1.60. The van der Waals surface area contributed by atoms with Crippen molar-refractivity contribution in [2.24, 2.45) is 4.99 Å². The third-order valence-electron chi connectivity index (χ3n) is 3.31. The van der Waals surface area contributed by atoms with Gasteiger partial charge < -0.3 is 19.8 Å². The van der Waals surface area contributed by atoms with Gasteiger partial charge in [-0.3, -0.25) is 4.99 Å². The van der Waals surface area contributed by atoms with Crippen LogP contribution in [0.1, 0.15) is 11.3 Å². The van der Waals surface area contributed by atoms with Gasteiger partial charge in [0, 0.05) is 26.6 Å². The summed E-state index contributed by atoms with van der Waals surface area (Å²) in [7, 11) is 3.45. The van der Waals surface area contributed by atoms with Crippen LogP contribution in [-0.2, 0) is 12.8 Å². The Morgan fingerprint density at radius 2 is 1.95 bits per heavy atom. The van der Waals surface area contributed by atoms with Gasteiger partial charge in [-0.15, -0.1) is 0 Å². The number of benzene rings is 1. The van der Waals surface area contributed by atoms with Crippen LogP contribution in [-0.4, -0.2) is 33.2 Å². The van der Waals surface area contributed by atoms with E-state index in [0.29, 0.717) is 0 Å². The number of hydrogen-bond acceptors (Lipinski definition) is 3. The number of nitrogens with zero attached hydrogens (tertiary/aromatic N) is 1. The van der Waals surface area contributed by atoms with Crippen molar-refractivity contribution in [1.82, 2.24) is 10.6 Å². The average Bonchev–Trinajstić information content (AvgIpc) is 3.07. The molecule has 0 saturated carbocycles. The van der Waals surface area contributed by atoms with Crippen molar-refractivity contribution in [2.75, 3.05) is 27.2 Å². The summed E-state index contributed by atoms with van der Waals surface area (Å²) in [6.07, 6.45) is 3.44. The maximum Gasteiger partial charge on any atom is 0.191 e. The lowest BCUT2D eigenvalue weighted by Crippen LogP contribution is -2.39. The minimum atomic E-state index is 0.784. The Bertz CT molecular complexity index is 579. The van der Waals surface area contributed by atoms with E-state index < -0.39 is 0 Å². The second-order valence-electron chi connectivity index (χ2n) is 4.86. The molecule has 0 bridgehead atoms. The number of nitrogens with one attached hydrogen (secondary N) is 2. The Morgan fingerprint density at radius 3 is 2.64 bits per heavy atom. The van der Waals surface area contributed by atoms with Crippen LogP contribution in [0.5, 0.6) is 5.75 Å². The lowest BCUT2D eigenvalue weighted by molar-refractivity contribution is 0.414. The summed E-state index contributed by atoms with van der Waals surface area (Å²) >= 11 is 0. The molecule has 0 fully saturated rings. The van der Waals surface area contributed by atoms with E-state index in [2.05, 4.69) is 27.8 Å². The highest BCUT2D eigenvalue weighted by atomic mass is 16.5. The van der Waals surface area contributed by atoms with Gasteiger partial charge in [0.25, 0.3) is 0 Å². The first-order chi connectivity index (χ1) is 10.8. The van der Waals surface area contributed by atoms with Crippen LogP contribution >= 0.6 is 0 Å². The zero-order chi connectivity index (χ0) is 15.6. The van der Waals surface area contributed by atoms with E-state index in [1.165, 1.54) is 5.56 Å². The van der Waals surface area contributed by atoms with Gasteiger partial charge in [-0.25, -0.2) is 0 Å². The quantitative estimate of drug-likeness (QED) is 0.608. The highest BCUT2D eigenvalue weighted by Gasteiger charge is 2.00. The van der Waals surface area contributed by atoms with Gasteiger partial charge in [-0.2, -0.15) is 0 Å². The third kappa shape index (κ3) is 5.16. The zero-order valence-corrected chi connectivity index (χ0v) is 13.1. The molecule has 0 atom stereocenters. The maximum atomic E-state index is 5.30. The molecule has 5 nitrogen and oxygen atoms in total. The van der Waals surface area contributed by atoms with Crippen LogP contribution in [0.15, 0.2) is 52.1 Å². The van der Waals surface area contributed by atoms with E-state index in [1.54, 1.807) is 20.4 Å². The number of hydrogen-bond donors (Lipinski definition) is 2. The fourth-order valence-electron chi connectivity index (χ4n) is 2.13. The average molecular weight is 301 g/mol. The summed E-state index contributed by atoms with van der Waals surface area (Å²) in [5.74, 6) is 2.66. The molecule has 22 heavy (non-hydrogen) atoms. The minimum Gasteiger partial charge on any atom is -0.497 e. The SMILES string of the molecule is CN=C(NCCc1cccc(OC)c1)NCCc1ccco1. The van der Waals surface area contributed by atoms with Gasteiger partial charge in [0.1, 0.15) is 11.5 Å². The smallest absolute Gasteiger partial charge is 0.191 e. The second-order valence-corrected chi connectivity index (χ2v) is 4.86. The van der Waals surface area contributed by atoms with Gasteiger partial charge in [-0.05, 0) is 36.2 Å². The van der Waals surface area contributed by atoms with Crippen molar-refractivity contribution in [3.05, 3.63) is 54.0 Å². The van der Waals surface area contributed by atoms with Crippen LogP contribution in [0.4, 0.5) is 0 Å². The van der Waals surface area contributed by atoms with Crippen LogP contribution < -0.4 is 15.4 Å².